The number of nitrogens with one attached hydrogen (secondary N) is 1. The van der Waals surface area contributed by atoms with Crippen LogP contribution in [0.15, 0.2) is 18.2 Å². The van der Waals surface area contributed by atoms with E-state index in [1.54, 1.807) is 6.07 Å². The van der Waals surface area contributed by atoms with Gasteiger partial charge < -0.3 is 14.8 Å². The Labute approximate surface area is 108 Å². The van der Waals surface area contributed by atoms with Gasteiger partial charge >= 0.3 is 6.18 Å². The van der Waals surface area contributed by atoms with Crippen LogP contribution in [0.25, 0.3) is 0 Å². The lowest BCUT2D eigenvalue weighted by atomic mass is 9.88. The zero-order valence-electron chi connectivity index (χ0n) is 10.4. The van der Waals surface area contributed by atoms with Crippen molar-refractivity contribution < 1.29 is 22.6 Å². The van der Waals surface area contributed by atoms with E-state index in [0.717, 1.165) is 0 Å². The molecule has 0 aliphatic carbocycles. The molecule has 1 N–H and O–H groups in total. The Kier molecular flexibility index (Phi) is 2.76. The first-order valence-electron chi connectivity index (χ1n) is 6.08. The fourth-order valence-electron chi connectivity index (χ4n) is 3.00. The van der Waals surface area contributed by atoms with E-state index < -0.39 is 17.3 Å². The molecule has 0 aromatic heterocycles. The zero-order chi connectivity index (χ0) is 13.7. The molecule has 3 rings (SSSR count). The summed E-state index contributed by atoms with van der Waals surface area (Å²) in [4.78, 5) is 0. The number of fused-ring (bicyclic) bond motifs is 2. The molecule has 1 aromatic carbocycles. The molecule has 2 fully saturated rings. The minimum atomic E-state index is -4.46. The Morgan fingerprint density at radius 2 is 2.21 bits per heavy atom. The number of benzene rings is 1. The van der Waals surface area contributed by atoms with Gasteiger partial charge in [-0.25, -0.2) is 0 Å². The first kappa shape index (κ1) is 12.7. The van der Waals surface area contributed by atoms with Crippen LogP contribution >= 0.6 is 0 Å². The molecule has 6 heteroatoms. The lowest BCUT2D eigenvalue weighted by Gasteiger charge is -2.30. The van der Waals surface area contributed by atoms with E-state index in [9.17, 15) is 13.2 Å². The van der Waals surface area contributed by atoms with Crippen molar-refractivity contribution in [3.8, 4) is 5.75 Å². The molecule has 1 aromatic rings. The van der Waals surface area contributed by atoms with E-state index >= 15 is 0 Å². The van der Waals surface area contributed by atoms with Crippen LogP contribution in [0.1, 0.15) is 17.5 Å². The number of hydrogen-bond donors (Lipinski definition) is 1. The predicted octanol–water partition coefficient (Wildman–Crippen LogP) is 2.30. The maximum atomic E-state index is 13.3. The van der Waals surface area contributed by atoms with Crippen LogP contribution in [0.5, 0.6) is 5.75 Å². The molecule has 2 heterocycles. The molecule has 0 saturated carbocycles. The number of alkyl halides is 3. The van der Waals surface area contributed by atoms with Crippen LogP contribution in [0.3, 0.4) is 0 Å². The summed E-state index contributed by atoms with van der Waals surface area (Å²) < 4.78 is 50.5. The second-order valence-electron chi connectivity index (χ2n) is 4.97. The van der Waals surface area contributed by atoms with Crippen LogP contribution in [0.2, 0.25) is 0 Å². The minimum absolute atomic E-state index is 0.146. The van der Waals surface area contributed by atoms with Gasteiger partial charge in [0.1, 0.15) is 16.9 Å². The van der Waals surface area contributed by atoms with Crippen LogP contribution in [-0.4, -0.2) is 26.3 Å². The normalized spacial score (nSPS) is 29.8. The molecule has 0 amide bonds. The molecule has 3 nitrogen and oxygen atoms in total. The summed E-state index contributed by atoms with van der Waals surface area (Å²) in [6, 6.07) is 4.54. The fourth-order valence-corrected chi connectivity index (χ4v) is 3.00. The highest BCUT2D eigenvalue weighted by Crippen LogP contribution is 2.48. The van der Waals surface area contributed by atoms with E-state index in [-0.39, 0.29) is 17.4 Å². The number of rotatable bonds is 2. The summed E-state index contributed by atoms with van der Waals surface area (Å²) in [6.45, 7) is 0.864. The summed E-state index contributed by atoms with van der Waals surface area (Å²) in [5.41, 5.74) is -1.42. The maximum absolute atomic E-state index is 13.3. The van der Waals surface area contributed by atoms with Gasteiger partial charge in [-0.2, -0.15) is 13.2 Å². The lowest BCUT2D eigenvalue weighted by molar-refractivity contribution is -0.142. The van der Waals surface area contributed by atoms with Crippen LogP contribution < -0.4 is 10.1 Å². The third kappa shape index (κ3) is 1.90. The quantitative estimate of drug-likeness (QED) is 0.897. The molecule has 0 radical (unpaired) electrons. The molecule has 2 saturated heterocycles. The van der Waals surface area contributed by atoms with E-state index in [1.165, 1.54) is 19.2 Å². The summed E-state index contributed by atoms with van der Waals surface area (Å²) in [6.07, 6.45) is -3.88. The van der Waals surface area contributed by atoms with Crippen LogP contribution in [0.4, 0.5) is 13.2 Å². The number of methoxy groups -OCH3 is 1. The SMILES string of the molecule is COc1cccc(C23CNC(CO2)C3)c1C(F)(F)F. The van der Waals surface area contributed by atoms with Gasteiger partial charge in [0, 0.05) is 18.2 Å². The van der Waals surface area contributed by atoms with Crippen molar-refractivity contribution in [1.82, 2.24) is 5.32 Å². The average Bonchev–Trinajstić information content (AvgIpc) is 2.98. The third-order valence-electron chi connectivity index (χ3n) is 3.83. The highest BCUT2D eigenvalue weighted by molar-refractivity contribution is 5.46. The van der Waals surface area contributed by atoms with E-state index in [2.05, 4.69) is 5.32 Å². The highest BCUT2D eigenvalue weighted by Gasteiger charge is 2.52. The number of halogens is 3. The number of hydrogen-bond acceptors (Lipinski definition) is 3. The molecular formula is C13H14F3NO2. The summed E-state index contributed by atoms with van der Waals surface area (Å²) >= 11 is 0. The second kappa shape index (κ2) is 4.11. The predicted molar refractivity (Wildman–Crippen MR) is 62.0 cm³/mol. The molecule has 19 heavy (non-hydrogen) atoms. The summed E-state index contributed by atoms with van der Waals surface area (Å²) in [5.74, 6) is -0.154. The van der Waals surface area contributed by atoms with Gasteiger partial charge in [-0.15, -0.1) is 0 Å². The molecule has 104 valence electrons. The van der Waals surface area contributed by atoms with E-state index in [4.69, 9.17) is 9.47 Å². The van der Waals surface area contributed by atoms with Crippen molar-refractivity contribution >= 4 is 0 Å². The monoisotopic (exact) mass is 273 g/mol. The Morgan fingerprint density at radius 1 is 1.42 bits per heavy atom. The standard InChI is InChI=1S/C13H14F3NO2/c1-18-10-4-2-3-9(11(10)13(14,15)16)12-5-8(6-19-12)17-7-12/h2-4,8,17H,5-7H2,1H3. The Hall–Kier alpha value is -1.27. The fraction of sp³-hybridized carbons (Fsp3) is 0.538. The van der Waals surface area contributed by atoms with Gasteiger partial charge in [-0.05, 0) is 12.5 Å². The van der Waals surface area contributed by atoms with Gasteiger partial charge in [-0.1, -0.05) is 12.1 Å². The van der Waals surface area contributed by atoms with Crippen molar-refractivity contribution in [2.45, 2.75) is 24.2 Å². The van der Waals surface area contributed by atoms with E-state index in [0.29, 0.717) is 19.6 Å². The average molecular weight is 273 g/mol. The smallest absolute Gasteiger partial charge is 0.420 e. The van der Waals surface area contributed by atoms with Crippen molar-refractivity contribution in [2.75, 3.05) is 20.3 Å². The Balaban J connectivity index is 2.16. The van der Waals surface area contributed by atoms with Crippen molar-refractivity contribution in [3.63, 3.8) is 0 Å². The Bertz CT molecular complexity index is 493. The van der Waals surface area contributed by atoms with Crippen molar-refractivity contribution in [1.29, 1.82) is 0 Å². The van der Waals surface area contributed by atoms with E-state index in [1.807, 2.05) is 0 Å². The number of ether oxygens (including phenoxy) is 2. The molecule has 2 bridgehead atoms. The molecule has 0 spiro atoms. The zero-order valence-corrected chi connectivity index (χ0v) is 10.4. The molecule has 2 aliphatic heterocycles. The summed E-state index contributed by atoms with van der Waals surface area (Å²) in [5, 5.41) is 3.18. The van der Waals surface area contributed by atoms with Crippen LogP contribution in [-0.2, 0) is 16.5 Å². The van der Waals surface area contributed by atoms with Gasteiger partial charge in [0.2, 0.25) is 0 Å². The van der Waals surface area contributed by atoms with Gasteiger partial charge in [-0.3, -0.25) is 0 Å². The molecular weight excluding hydrogens is 259 g/mol. The van der Waals surface area contributed by atoms with Gasteiger partial charge in [0.05, 0.1) is 13.7 Å². The summed E-state index contributed by atoms with van der Waals surface area (Å²) in [7, 11) is 1.25. The first-order valence-corrected chi connectivity index (χ1v) is 6.08. The van der Waals surface area contributed by atoms with Crippen LogP contribution in [0, 0.1) is 0 Å². The second-order valence-corrected chi connectivity index (χ2v) is 4.97. The minimum Gasteiger partial charge on any atom is -0.496 e. The molecule has 2 atom stereocenters. The third-order valence-corrected chi connectivity index (χ3v) is 3.83. The van der Waals surface area contributed by atoms with Crippen molar-refractivity contribution in [3.05, 3.63) is 29.3 Å². The molecule has 2 unspecified atom stereocenters. The van der Waals surface area contributed by atoms with Crippen molar-refractivity contribution in [2.24, 2.45) is 0 Å². The molecule has 2 aliphatic rings. The number of morpholine rings is 1. The first-order chi connectivity index (χ1) is 8.96. The Morgan fingerprint density at radius 3 is 2.68 bits per heavy atom. The van der Waals surface area contributed by atoms with Gasteiger partial charge in [0.25, 0.3) is 0 Å². The van der Waals surface area contributed by atoms with Gasteiger partial charge in [0.15, 0.2) is 0 Å². The largest absolute Gasteiger partial charge is 0.496 e. The highest BCUT2D eigenvalue weighted by atomic mass is 19.4. The maximum Gasteiger partial charge on any atom is 0.420 e. The topological polar surface area (TPSA) is 30.5 Å². The lowest BCUT2D eigenvalue weighted by Crippen LogP contribution is -2.38.